The Hall–Kier alpha value is -2.36. The molecule has 23 heteroatoms. The molecular weight excluding hydrogens is 736 g/mol. The van der Waals surface area contributed by atoms with Crippen LogP contribution in [0.15, 0.2) is 17.5 Å². The number of nitrogens with two attached hydrogens (primary N) is 1. The van der Waals surface area contributed by atoms with Crippen molar-refractivity contribution in [3.8, 4) is 0 Å². The van der Waals surface area contributed by atoms with Gasteiger partial charge in [0.25, 0.3) is 0 Å². The van der Waals surface area contributed by atoms with E-state index in [0.717, 1.165) is 42.7 Å². The van der Waals surface area contributed by atoms with Crippen molar-refractivity contribution in [1.29, 1.82) is 0 Å². The number of rotatable bonds is 12. The molecule has 1 unspecified atom stereocenters. The van der Waals surface area contributed by atoms with Crippen LogP contribution in [-0.2, 0) is 65.5 Å². The molecule has 4 aliphatic heterocycles. The molecule has 7 heterocycles. The monoisotopic (exact) mass is 773 g/mol. The summed E-state index contributed by atoms with van der Waals surface area (Å²) in [5, 5.41) is 25.3. The van der Waals surface area contributed by atoms with Crippen LogP contribution in [0.4, 0.5) is 17.5 Å². The summed E-state index contributed by atoms with van der Waals surface area (Å²) in [6.45, 7) is -7.93. The van der Waals surface area contributed by atoms with Gasteiger partial charge in [-0.15, -0.1) is 0 Å². The first-order chi connectivity index (χ1) is 23.9. The van der Waals surface area contributed by atoms with Gasteiger partial charge in [-0.05, 0) is 43.1 Å². The maximum atomic E-state index is 13.7. The summed E-state index contributed by atoms with van der Waals surface area (Å²) < 4.78 is 44.5. The molecule has 0 bridgehead atoms. The summed E-state index contributed by atoms with van der Waals surface area (Å²) in [6.07, 6.45) is 2.28. The van der Waals surface area contributed by atoms with Crippen LogP contribution >= 0.6 is 25.8 Å². The van der Waals surface area contributed by atoms with E-state index in [1.54, 1.807) is 6.33 Å². The van der Waals surface area contributed by atoms with Gasteiger partial charge in [0.1, 0.15) is 54.3 Å². The van der Waals surface area contributed by atoms with Gasteiger partial charge in [-0.1, -0.05) is 12.2 Å². The number of nitrogens with one attached hydrogen (secondary N) is 1. The van der Waals surface area contributed by atoms with Crippen molar-refractivity contribution >= 4 is 72.4 Å². The Morgan fingerprint density at radius 1 is 1.16 bits per heavy atom. The first-order valence-electron chi connectivity index (χ1n) is 15.8. The summed E-state index contributed by atoms with van der Waals surface area (Å²) in [6, 6.07) is 0. The van der Waals surface area contributed by atoms with Crippen LogP contribution in [0.25, 0.3) is 11.0 Å². The van der Waals surface area contributed by atoms with Crippen molar-refractivity contribution in [1.82, 2.24) is 24.5 Å². The molecule has 2 fully saturated rings. The Morgan fingerprint density at radius 3 is 2.78 bits per heavy atom. The number of thiol groups is 1. The van der Waals surface area contributed by atoms with Crippen molar-refractivity contribution in [2.45, 2.75) is 82.1 Å². The fourth-order valence-corrected chi connectivity index (χ4v) is 8.57. The molecule has 50 heavy (non-hydrogen) atoms. The second-order valence-corrected chi connectivity index (χ2v) is 17.8. The third-order valence-electron chi connectivity index (χ3n) is 8.82. The van der Waals surface area contributed by atoms with Crippen molar-refractivity contribution < 1.29 is 47.6 Å². The Morgan fingerprint density at radius 2 is 1.98 bits per heavy atom. The zero-order chi connectivity index (χ0) is 35.2. The number of aliphatic hydroxyl groups is 2. The Bertz CT molecular complexity index is 1870. The molecule has 0 radical (unpaired) electrons. The van der Waals surface area contributed by atoms with E-state index >= 15 is 0 Å². The topological polar surface area (TPSA) is 254 Å². The highest BCUT2D eigenvalue weighted by Crippen LogP contribution is 2.56. The summed E-state index contributed by atoms with van der Waals surface area (Å²) in [4.78, 5) is 42.2. The van der Waals surface area contributed by atoms with Crippen LogP contribution in [0.3, 0.4) is 0 Å². The van der Waals surface area contributed by atoms with E-state index in [0.29, 0.717) is 18.5 Å². The molecule has 0 spiro atoms. The summed E-state index contributed by atoms with van der Waals surface area (Å²) >= 11 is 8.75. The maximum absolute atomic E-state index is 13.7. The number of aromatic nitrogens is 5. The van der Waals surface area contributed by atoms with E-state index in [1.807, 2.05) is 0 Å². The largest absolute Gasteiger partial charge is 0.388 e. The van der Waals surface area contributed by atoms with Crippen molar-refractivity contribution in [3.63, 3.8) is 0 Å². The summed E-state index contributed by atoms with van der Waals surface area (Å²) in [5.74, 6) is 1.14. The van der Waals surface area contributed by atoms with Crippen molar-refractivity contribution in [2.24, 2.45) is 4.99 Å². The van der Waals surface area contributed by atoms with Gasteiger partial charge >= 0.3 is 13.5 Å². The average molecular weight is 774 g/mol. The van der Waals surface area contributed by atoms with Gasteiger partial charge in [0.2, 0.25) is 0 Å². The number of fused-ring (bicyclic) bond motifs is 1. The minimum Gasteiger partial charge on any atom is -0.388 e. The number of aryl methyl sites for hydroxylation is 1. The standard InChI is InChI=1S/C27H37N9O10P2S2/c28-23-17-6-29-13-36(25(17)34-19(9-37)33-23)27-22(21(38)18(45-27)11-42-47(39,40)49)46-48(41,50)43-10-16-4-3-15(44-16)8-35-7-14-2-1-5-30-24-20(14)26(35)32-12-31-24/h7,12-13,15-16,18,21-22,27,37-38H,1-6,8-11H2,(H,41,50)(H2,28,33,34)(H,30,31,32)(H2,39,40,49)/t15-,16+,18-,21-,22-,27-,48?/m1/s1. The van der Waals surface area contributed by atoms with Crippen LogP contribution < -0.4 is 16.0 Å². The van der Waals surface area contributed by atoms with Gasteiger partial charge in [0.15, 0.2) is 12.1 Å². The molecule has 0 saturated carbocycles. The second kappa shape index (κ2) is 14.6. The summed E-state index contributed by atoms with van der Waals surface area (Å²) in [5.41, 5.74) is 8.55. The first-order valence-corrected chi connectivity index (χ1v) is 21.2. The van der Waals surface area contributed by atoms with E-state index in [4.69, 9.17) is 28.8 Å². The van der Waals surface area contributed by atoms with Gasteiger partial charge in [0.05, 0.1) is 55.8 Å². The van der Waals surface area contributed by atoms with Gasteiger partial charge < -0.3 is 49.6 Å². The van der Waals surface area contributed by atoms with E-state index in [2.05, 4.69) is 65.1 Å². The zero-order valence-corrected chi connectivity index (χ0v) is 30.0. The number of ether oxygens (including phenoxy) is 2. The lowest BCUT2D eigenvalue weighted by atomic mass is 10.1. The van der Waals surface area contributed by atoms with E-state index in [1.165, 1.54) is 16.8 Å². The van der Waals surface area contributed by atoms with Gasteiger partial charge in [0, 0.05) is 12.7 Å². The molecule has 7 rings (SSSR count). The Kier molecular flexibility index (Phi) is 10.5. The second-order valence-electron chi connectivity index (χ2n) is 12.2. The lowest BCUT2D eigenvalue weighted by Crippen LogP contribution is -2.46. The molecule has 272 valence electrons. The fraction of sp³-hybridized carbons (Fsp3) is 0.593. The van der Waals surface area contributed by atoms with E-state index in [9.17, 15) is 24.6 Å². The van der Waals surface area contributed by atoms with E-state index in [-0.39, 0.29) is 36.7 Å². The highest BCUT2D eigenvalue weighted by Gasteiger charge is 2.51. The van der Waals surface area contributed by atoms with Gasteiger partial charge in [-0.3, -0.25) is 18.9 Å². The minimum absolute atomic E-state index is 0.0198. The molecule has 0 aliphatic carbocycles. The molecule has 19 nitrogen and oxygen atoms in total. The third kappa shape index (κ3) is 7.71. The molecule has 7 atom stereocenters. The molecule has 0 aromatic carbocycles. The van der Waals surface area contributed by atoms with Crippen LogP contribution in [0, 0.1) is 0 Å². The predicted molar refractivity (Wildman–Crippen MR) is 186 cm³/mol. The number of nitrogen functional groups attached to an aromatic ring is 1. The normalized spacial score (nSPS) is 27.7. The van der Waals surface area contributed by atoms with Crippen LogP contribution in [0.5, 0.6) is 0 Å². The number of aliphatic hydroxyl groups excluding tert-OH is 2. The van der Waals surface area contributed by atoms with Crippen LogP contribution in [0.1, 0.15) is 36.2 Å². The maximum Gasteiger partial charge on any atom is 0.386 e. The SMILES string of the molecule is Nc1nc(CO)nc2c1CN=CN2[C@@H]1O[C@H](COP(O)(O)=S)[C@@H](O)[C@H]1OP(=O)(S)OC[C@@H]1CC[C@H](Cn2cc3c4c(ncnc42)NCCC3)O1. The highest BCUT2D eigenvalue weighted by atomic mass is 32.7. The van der Waals surface area contributed by atoms with Crippen LogP contribution in [0.2, 0.25) is 0 Å². The summed E-state index contributed by atoms with van der Waals surface area (Å²) in [7, 11) is 0. The van der Waals surface area contributed by atoms with Crippen molar-refractivity contribution in [2.75, 3.05) is 35.7 Å². The number of anilines is 3. The molecule has 2 saturated heterocycles. The Labute approximate surface area is 296 Å². The zero-order valence-electron chi connectivity index (χ0n) is 26.5. The number of nitrogens with zero attached hydrogens (tertiary/aromatic N) is 7. The van der Waals surface area contributed by atoms with E-state index < -0.39 is 57.4 Å². The van der Waals surface area contributed by atoms with Gasteiger partial charge in [-0.2, -0.15) is 0 Å². The molecule has 7 N–H and O–H groups in total. The smallest absolute Gasteiger partial charge is 0.386 e. The Balaban J connectivity index is 1.03. The molecule has 3 aromatic heterocycles. The minimum atomic E-state index is -4.21. The van der Waals surface area contributed by atoms with Crippen LogP contribution in [-0.4, -0.2) is 107 Å². The fourth-order valence-electron chi connectivity index (χ4n) is 6.57. The predicted octanol–water partition coefficient (Wildman–Crippen LogP) is 1.00. The quantitative estimate of drug-likeness (QED) is 0.100. The number of hydrogen-bond acceptors (Lipinski definition) is 17. The molecular formula is C27H37N9O10P2S2. The molecule has 3 aromatic rings. The van der Waals surface area contributed by atoms with Crippen molar-refractivity contribution in [3.05, 3.63) is 29.5 Å². The molecule has 4 aliphatic rings. The average Bonchev–Trinajstić information content (AvgIpc) is 3.71. The molecule has 0 amide bonds. The number of aliphatic imine (C=N–C) groups is 1. The number of hydrogen-bond donors (Lipinski definition) is 7. The lowest BCUT2D eigenvalue weighted by molar-refractivity contribution is -0.0156. The highest BCUT2D eigenvalue weighted by molar-refractivity contribution is 8.44. The lowest BCUT2D eigenvalue weighted by Gasteiger charge is -2.33. The van der Waals surface area contributed by atoms with Gasteiger partial charge in [-0.25, -0.2) is 24.5 Å². The first kappa shape index (κ1) is 36.0. The third-order valence-corrected chi connectivity index (χ3v) is 11.2.